The number of rotatable bonds is 11. The van der Waals surface area contributed by atoms with E-state index >= 15 is 0 Å². The normalized spacial score (nSPS) is 14.5. The molecule has 0 radical (unpaired) electrons. The highest BCUT2D eigenvalue weighted by Crippen LogP contribution is 2.28. The van der Waals surface area contributed by atoms with Gasteiger partial charge in [0.25, 0.3) is 10.0 Å². The molecule has 0 aromatic heterocycles. The van der Waals surface area contributed by atoms with Gasteiger partial charge in [-0.1, -0.05) is 86.3 Å². The first-order valence-corrected chi connectivity index (χ1v) is 16.4. The molecule has 0 aliphatic heterocycles. The Kier molecular flexibility index (Phi) is 10.6. The lowest BCUT2D eigenvalue weighted by Crippen LogP contribution is -2.52. The van der Waals surface area contributed by atoms with E-state index in [9.17, 15) is 18.0 Å². The second-order valence-corrected chi connectivity index (χ2v) is 13.7. The third-order valence-corrected chi connectivity index (χ3v) is 10.1. The second-order valence-electron chi connectivity index (χ2n) is 11.0. The number of benzene rings is 3. The number of anilines is 1. The topological polar surface area (TPSA) is 86.8 Å². The molecular formula is C32H37Cl2N3O4S. The van der Waals surface area contributed by atoms with Gasteiger partial charge in [0.15, 0.2) is 0 Å². The summed E-state index contributed by atoms with van der Waals surface area (Å²) in [5.74, 6) is -0.583. The fourth-order valence-electron chi connectivity index (χ4n) is 5.08. The predicted octanol–water partition coefficient (Wildman–Crippen LogP) is 6.79. The molecule has 3 aromatic carbocycles. The Morgan fingerprint density at radius 3 is 2.17 bits per heavy atom. The summed E-state index contributed by atoms with van der Waals surface area (Å²) in [6, 6.07) is 19.3. The Bertz CT molecular complexity index is 1490. The zero-order valence-electron chi connectivity index (χ0n) is 24.1. The molecule has 1 N–H and O–H groups in total. The number of halogens is 2. The van der Waals surface area contributed by atoms with Crippen molar-refractivity contribution in [2.24, 2.45) is 0 Å². The van der Waals surface area contributed by atoms with Crippen LogP contribution < -0.4 is 9.62 Å². The van der Waals surface area contributed by atoms with E-state index in [0.29, 0.717) is 21.3 Å². The number of nitrogens with zero attached hydrogens (tertiary/aromatic N) is 2. The molecule has 42 heavy (non-hydrogen) atoms. The van der Waals surface area contributed by atoms with E-state index in [4.69, 9.17) is 23.2 Å². The highest BCUT2D eigenvalue weighted by molar-refractivity contribution is 7.92. The van der Waals surface area contributed by atoms with Gasteiger partial charge >= 0.3 is 0 Å². The van der Waals surface area contributed by atoms with E-state index in [1.807, 2.05) is 12.1 Å². The van der Waals surface area contributed by atoms with Gasteiger partial charge in [0.05, 0.1) is 10.6 Å². The average molecular weight is 631 g/mol. The Morgan fingerprint density at radius 1 is 0.929 bits per heavy atom. The maximum absolute atomic E-state index is 14.1. The summed E-state index contributed by atoms with van der Waals surface area (Å²) >= 11 is 12.6. The molecule has 1 fully saturated rings. The molecule has 0 unspecified atom stereocenters. The van der Waals surface area contributed by atoms with Crippen molar-refractivity contribution in [3.8, 4) is 0 Å². The van der Waals surface area contributed by atoms with Crippen LogP contribution in [0, 0.1) is 0 Å². The minimum atomic E-state index is -4.13. The van der Waals surface area contributed by atoms with Crippen LogP contribution in [0.25, 0.3) is 0 Å². The van der Waals surface area contributed by atoms with Crippen molar-refractivity contribution >= 4 is 50.7 Å². The summed E-state index contributed by atoms with van der Waals surface area (Å²) in [7, 11) is -4.13. The molecule has 0 saturated heterocycles. The molecule has 4 rings (SSSR count). The van der Waals surface area contributed by atoms with Crippen LogP contribution >= 0.6 is 23.2 Å². The summed E-state index contributed by atoms with van der Waals surface area (Å²) < 4.78 is 29.0. The lowest BCUT2D eigenvalue weighted by Gasteiger charge is -2.32. The van der Waals surface area contributed by atoms with Gasteiger partial charge in [0.1, 0.15) is 12.6 Å². The molecule has 0 heterocycles. The fourth-order valence-corrected chi connectivity index (χ4v) is 6.99. The highest BCUT2D eigenvalue weighted by atomic mass is 35.5. The zero-order chi connectivity index (χ0) is 30.4. The Hall–Kier alpha value is -3.07. The SMILES string of the molecule is CC(C)c1ccc(N(CC(=O)N(Cc2ccc(Cl)cc2Cl)[C@H](C)C(=O)NC2CCCC2)S(=O)(=O)c2ccccc2)cc1. The minimum Gasteiger partial charge on any atom is -0.352 e. The van der Waals surface area contributed by atoms with Crippen molar-refractivity contribution in [2.45, 2.75) is 75.9 Å². The maximum atomic E-state index is 14.1. The van der Waals surface area contributed by atoms with Crippen molar-refractivity contribution in [1.82, 2.24) is 10.2 Å². The number of nitrogens with one attached hydrogen (secondary N) is 1. The number of hydrogen-bond donors (Lipinski definition) is 1. The largest absolute Gasteiger partial charge is 0.352 e. The molecule has 1 aliphatic carbocycles. The molecule has 1 atom stereocenters. The zero-order valence-corrected chi connectivity index (χ0v) is 26.4. The third-order valence-electron chi connectivity index (χ3n) is 7.68. The molecule has 2 amide bonds. The molecule has 0 bridgehead atoms. The van der Waals surface area contributed by atoms with Crippen LogP contribution in [0.2, 0.25) is 10.0 Å². The van der Waals surface area contributed by atoms with Gasteiger partial charge in [-0.25, -0.2) is 8.42 Å². The molecule has 224 valence electrons. The smallest absolute Gasteiger partial charge is 0.264 e. The van der Waals surface area contributed by atoms with Crippen LogP contribution in [0.1, 0.15) is 63.5 Å². The van der Waals surface area contributed by atoms with Crippen molar-refractivity contribution < 1.29 is 18.0 Å². The van der Waals surface area contributed by atoms with Crippen molar-refractivity contribution in [3.63, 3.8) is 0 Å². The molecule has 0 spiro atoms. The predicted molar refractivity (Wildman–Crippen MR) is 168 cm³/mol. The van der Waals surface area contributed by atoms with E-state index in [1.54, 1.807) is 55.5 Å². The molecule has 3 aromatic rings. The molecule has 7 nitrogen and oxygen atoms in total. The van der Waals surface area contributed by atoms with E-state index in [-0.39, 0.29) is 29.3 Å². The standard InChI is InChI=1S/C32H37Cl2N3O4S/c1-22(2)24-14-17-28(18-15-24)37(42(40,41)29-11-5-4-6-12-29)21-31(38)36(20-25-13-16-26(33)19-30(25)34)23(3)32(39)35-27-9-7-8-10-27/h4-6,11-19,22-23,27H,7-10,20-21H2,1-3H3,(H,35,39)/t23-/m1/s1. The van der Waals surface area contributed by atoms with Gasteiger partial charge in [-0.2, -0.15) is 0 Å². The van der Waals surface area contributed by atoms with E-state index in [0.717, 1.165) is 35.6 Å². The highest BCUT2D eigenvalue weighted by Gasteiger charge is 2.33. The van der Waals surface area contributed by atoms with Crippen molar-refractivity contribution in [3.05, 3.63) is 94.0 Å². The van der Waals surface area contributed by atoms with Gasteiger partial charge in [-0.15, -0.1) is 0 Å². The first kappa shape index (κ1) is 31.9. The van der Waals surface area contributed by atoms with E-state index < -0.39 is 28.5 Å². The summed E-state index contributed by atoms with van der Waals surface area (Å²) in [5, 5.41) is 3.85. The van der Waals surface area contributed by atoms with Crippen LogP contribution in [0.4, 0.5) is 5.69 Å². The number of hydrogen-bond acceptors (Lipinski definition) is 4. The monoisotopic (exact) mass is 629 g/mol. The molecule has 10 heteroatoms. The first-order valence-electron chi connectivity index (χ1n) is 14.2. The number of carbonyl (C=O) groups is 2. The number of sulfonamides is 1. The Balaban J connectivity index is 1.70. The van der Waals surface area contributed by atoms with Crippen molar-refractivity contribution in [2.75, 3.05) is 10.8 Å². The van der Waals surface area contributed by atoms with Crippen LogP contribution in [0.15, 0.2) is 77.7 Å². The maximum Gasteiger partial charge on any atom is 0.264 e. The van der Waals surface area contributed by atoms with Gasteiger partial charge in [0, 0.05) is 22.6 Å². The minimum absolute atomic E-state index is 0.000396. The van der Waals surface area contributed by atoms with Gasteiger partial charge in [-0.05, 0) is 73.2 Å². The van der Waals surface area contributed by atoms with Gasteiger partial charge < -0.3 is 10.2 Å². The van der Waals surface area contributed by atoms with E-state index in [2.05, 4.69) is 19.2 Å². The van der Waals surface area contributed by atoms with Gasteiger partial charge in [-0.3, -0.25) is 13.9 Å². The van der Waals surface area contributed by atoms with Crippen LogP contribution in [-0.4, -0.2) is 43.8 Å². The number of amides is 2. The lowest BCUT2D eigenvalue weighted by molar-refractivity contribution is -0.139. The van der Waals surface area contributed by atoms with Crippen molar-refractivity contribution in [1.29, 1.82) is 0 Å². The second kappa shape index (κ2) is 13.9. The van der Waals surface area contributed by atoms with Gasteiger partial charge in [0.2, 0.25) is 11.8 Å². The summed E-state index contributed by atoms with van der Waals surface area (Å²) in [4.78, 5) is 28.9. The lowest BCUT2D eigenvalue weighted by atomic mass is 10.0. The summed E-state index contributed by atoms with van der Waals surface area (Å²) in [6.45, 7) is 5.24. The molecular weight excluding hydrogens is 593 g/mol. The number of carbonyl (C=O) groups excluding carboxylic acids is 2. The Labute approximate surface area is 258 Å². The van der Waals surface area contributed by atoms with Crippen LogP contribution in [0.5, 0.6) is 0 Å². The van der Waals surface area contributed by atoms with Crippen LogP contribution in [0.3, 0.4) is 0 Å². The van der Waals surface area contributed by atoms with E-state index in [1.165, 1.54) is 17.0 Å². The fraction of sp³-hybridized carbons (Fsp3) is 0.375. The summed E-state index contributed by atoms with van der Waals surface area (Å²) in [6.07, 6.45) is 3.88. The Morgan fingerprint density at radius 2 is 1.57 bits per heavy atom. The molecule has 1 saturated carbocycles. The summed E-state index contributed by atoms with van der Waals surface area (Å²) in [5.41, 5.74) is 1.98. The average Bonchev–Trinajstić information content (AvgIpc) is 3.48. The third kappa shape index (κ3) is 7.65. The molecule has 1 aliphatic rings. The van der Waals surface area contributed by atoms with Crippen LogP contribution in [-0.2, 0) is 26.2 Å². The quantitative estimate of drug-likeness (QED) is 0.253. The first-order chi connectivity index (χ1) is 20.0.